The van der Waals surface area contributed by atoms with Crippen molar-refractivity contribution in [1.29, 1.82) is 0 Å². The van der Waals surface area contributed by atoms with E-state index in [1.165, 1.54) is 5.56 Å². The zero-order chi connectivity index (χ0) is 14.8. The molecule has 106 valence electrons. The lowest BCUT2D eigenvalue weighted by atomic mass is 9.99. The standard InChI is InChI=1S/C18H17ClN2/c1-12(20-2)13-5-7-17(19)16(11-13)14-6-8-18-15(10-14)4-3-9-21-18/h3-12,20H,1-2H3. The molecule has 1 unspecified atom stereocenters. The highest BCUT2D eigenvalue weighted by molar-refractivity contribution is 6.33. The number of hydrogen-bond acceptors (Lipinski definition) is 2. The summed E-state index contributed by atoms with van der Waals surface area (Å²) in [6.45, 7) is 2.14. The SMILES string of the molecule is CNC(C)c1ccc(Cl)c(-c2ccc3ncccc3c2)c1. The third-order valence-corrected chi connectivity index (χ3v) is 4.17. The summed E-state index contributed by atoms with van der Waals surface area (Å²) in [4.78, 5) is 4.35. The fraction of sp³-hybridized carbons (Fsp3) is 0.167. The first-order valence-electron chi connectivity index (χ1n) is 7.01. The average molecular weight is 297 g/mol. The minimum Gasteiger partial charge on any atom is -0.313 e. The molecule has 3 aromatic rings. The molecule has 0 bridgehead atoms. The largest absolute Gasteiger partial charge is 0.313 e. The van der Waals surface area contributed by atoms with Crippen molar-refractivity contribution in [3.05, 3.63) is 65.3 Å². The van der Waals surface area contributed by atoms with Gasteiger partial charge in [0.2, 0.25) is 0 Å². The van der Waals surface area contributed by atoms with Gasteiger partial charge in [0.05, 0.1) is 5.52 Å². The molecule has 3 rings (SSSR count). The zero-order valence-electron chi connectivity index (χ0n) is 12.1. The molecule has 0 aliphatic rings. The van der Waals surface area contributed by atoms with Crippen molar-refractivity contribution < 1.29 is 0 Å². The molecular weight excluding hydrogens is 280 g/mol. The van der Waals surface area contributed by atoms with Gasteiger partial charge in [-0.1, -0.05) is 29.8 Å². The topological polar surface area (TPSA) is 24.9 Å². The van der Waals surface area contributed by atoms with Crippen molar-refractivity contribution in [2.24, 2.45) is 0 Å². The van der Waals surface area contributed by atoms with Gasteiger partial charge in [-0.2, -0.15) is 0 Å². The van der Waals surface area contributed by atoms with Crippen LogP contribution < -0.4 is 5.32 Å². The predicted molar refractivity (Wildman–Crippen MR) is 89.7 cm³/mol. The van der Waals surface area contributed by atoms with E-state index < -0.39 is 0 Å². The Bertz CT molecular complexity index is 783. The summed E-state index contributed by atoms with van der Waals surface area (Å²) in [7, 11) is 1.96. The molecule has 0 amide bonds. The van der Waals surface area contributed by atoms with E-state index in [0.29, 0.717) is 6.04 Å². The number of pyridine rings is 1. The first-order valence-corrected chi connectivity index (χ1v) is 7.38. The predicted octanol–water partition coefficient (Wildman–Crippen LogP) is 4.84. The number of aromatic nitrogens is 1. The normalized spacial score (nSPS) is 12.5. The first-order chi connectivity index (χ1) is 10.2. The van der Waals surface area contributed by atoms with E-state index in [9.17, 15) is 0 Å². The second-order valence-electron chi connectivity index (χ2n) is 5.16. The maximum atomic E-state index is 6.39. The van der Waals surface area contributed by atoms with Gasteiger partial charge in [-0.05, 0) is 55.4 Å². The summed E-state index contributed by atoms with van der Waals surface area (Å²) in [5.41, 5.74) is 4.40. The van der Waals surface area contributed by atoms with Gasteiger partial charge in [0.1, 0.15) is 0 Å². The van der Waals surface area contributed by atoms with E-state index >= 15 is 0 Å². The number of rotatable bonds is 3. The lowest BCUT2D eigenvalue weighted by Gasteiger charge is -2.14. The molecule has 3 heteroatoms. The molecule has 2 nitrogen and oxygen atoms in total. The minimum atomic E-state index is 0.295. The van der Waals surface area contributed by atoms with Crippen LogP contribution in [0.3, 0.4) is 0 Å². The van der Waals surface area contributed by atoms with Crippen LogP contribution in [0.4, 0.5) is 0 Å². The molecule has 0 saturated carbocycles. The van der Waals surface area contributed by atoms with Gasteiger partial charge in [0.15, 0.2) is 0 Å². The van der Waals surface area contributed by atoms with Gasteiger partial charge in [-0.3, -0.25) is 4.98 Å². The Morgan fingerprint density at radius 2 is 1.95 bits per heavy atom. The summed E-state index contributed by atoms with van der Waals surface area (Å²) in [6, 6.07) is 16.7. The van der Waals surface area contributed by atoms with Gasteiger partial charge in [-0.25, -0.2) is 0 Å². The Labute approximate surface area is 129 Å². The summed E-state index contributed by atoms with van der Waals surface area (Å²) >= 11 is 6.39. The Kier molecular flexibility index (Phi) is 3.91. The molecule has 0 fully saturated rings. The van der Waals surface area contributed by atoms with Crippen molar-refractivity contribution in [2.75, 3.05) is 7.05 Å². The fourth-order valence-electron chi connectivity index (χ4n) is 2.44. The van der Waals surface area contributed by atoms with Crippen molar-refractivity contribution >= 4 is 22.5 Å². The van der Waals surface area contributed by atoms with Crippen LogP contribution in [0.5, 0.6) is 0 Å². The van der Waals surface area contributed by atoms with Gasteiger partial charge in [0, 0.05) is 28.2 Å². The lowest BCUT2D eigenvalue weighted by Crippen LogP contribution is -2.12. The number of nitrogens with zero attached hydrogens (tertiary/aromatic N) is 1. The summed E-state index contributed by atoms with van der Waals surface area (Å²) < 4.78 is 0. The van der Waals surface area contributed by atoms with Crippen molar-refractivity contribution in [2.45, 2.75) is 13.0 Å². The summed E-state index contributed by atoms with van der Waals surface area (Å²) in [5.74, 6) is 0. The third-order valence-electron chi connectivity index (χ3n) is 3.84. The van der Waals surface area contributed by atoms with Crippen LogP contribution in [0.2, 0.25) is 5.02 Å². The van der Waals surface area contributed by atoms with Gasteiger partial charge in [0.25, 0.3) is 0 Å². The highest BCUT2D eigenvalue weighted by atomic mass is 35.5. The Balaban J connectivity index is 2.12. The molecule has 21 heavy (non-hydrogen) atoms. The summed E-state index contributed by atoms with van der Waals surface area (Å²) in [5, 5.41) is 5.15. The van der Waals surface area contributed by atoms with E-state index in [1.54, 1.807) is 0 Å². The van der Waals surface area contributed by atoms with Crippen LogP contribution in [0.25, 0.3) is 22.0 Å². The first kappa shape index (κ1) is 14.1. The zero-order valence-corrected chi connectivity index (χ0v) is 12.9. The third kappa shape index (κ3) is 2.78. The quantitative estimate of drug-likeness (QED) is 0.748. The molecule has 0 saturated heterocycles. The fourth-order valence-corrected chi connectivity index (χ4v) is 2.67. The van der Waals surface area contributed by atoms with Gasteiger partial charge >= 0.3 is 0 Å². The second-order valence-corrected chi connectivity index (χ2v) is 5.57. The number of fused-ring (bicyclic) bond motifs is 1. The van der Waals surface area contributed by atoms with Crippen LogP contribution in [-0.2, 0) is 0 Å². The highest BCUT2D eigenvalue weighted by Gasteiger charge is 2.09. The smallest absolute Gasteiger partial charge is 0.0702 e. The summed E-state index contributed by atoms with van der Waals surface area (Å²) in [6.07, 6.45) is 1.81. The van der Waals surface area contributed by atoms with Crippen LogP contribution in [-0.4, -0.2) is 12.0 Å². The van der Waals surface area contributed by atoms with E-state index in [2.05, 4.69) is 47.6 Å². The van der Waals surface area contributed by atoms with Crippen molar-refractivity contribution in [1.82, 2.24) is 10.3 Å². The minimum absolute atomic E-state index is 0.295. The highest BCUT2D eigenvalue weighted by Crippen LogP contribution is 2.32. The number of hydrogen-bond donors (Lipinski definition) is 1. The molecule has 0 spiro atoms. The second kappa shape index (κ2) is 5.84. The van der Waals surface area contributed by atoms with Crippen molar-refractivity contribution in [3.8, 4) is 11.1 Å². The van der Waals surface area contributed by atoms with Crippen molar-refractivity contribution in [3.63, 3.8) is 0 Å². The van der Waals surface area contributed by atoms with Crippen LogP contribution in [0.15, 0.2) is 54.7 Å². The van der Waals surface area contributed by atoms with E-state index in [0.717, 1.165) is 27.1 Å². The lowest BCUT2D eigenvalue weighted by molar-refractivity contribution is 0.652. The molecule has 1 aromatic heterocycles. The number of benzene rings is 2. The molecular formula is C18H17ClN2. The maximum Gasteiger partial charge on any atom is 0.0702 e. The van der Waals surface area contributed by atoms with Gasteiger partial charge < -0.3 is 5.32 Å². The van der Waals surface area contributed by atoms with Crippen LogP contribution >= 0.6 is 11.6 Å². The van der Waals surface area contributed by atoms with E-state index in [4.69, 9.17) is 11.6 Å². The maximum absolute atomic E-state index is 6.39. The van der Waals surface area contributed by atoms with Crippen LogP contribution in [0, 0.1) is 0 Å². The Hall–Kier alpha value is -1.90. The molecule has 0 radical (unpaired) electrons. The molecule has 2 aromatic carbocycles. The Morgan fingerprint density at radius 3 is 2.76 bits per heavy atom. The van der Waals surface area contributed by atoms with E-state index in [-0.39, 0.29) is 0 Å². The monoisotopic (exact) mass is 296 g/mol. The van der Waals surface area contributed by atoms with Gasteiger partial charge in [-0.15, -0.1) is 0 Å². The molecule has 1 heterocycles. The molecule has 1 atom stereocenters. The average Bonchev–Trinajstić information content (AvgIpc) is 2.54. The van der Waals surface area contributed by atoms with Crippen LogP contribution in [0.1, 0.15) is 18.5 Å². The molecule has 0 aliphatic heterocycles. The Morgan fingerprint density at radius 1 is 1.10 bits per heavy atom. The van der Waals surface area contributed by atoms with E-state index in [1.807, 2.05) is 31.4 Å². The molecule has 0 aliphatic carbocycles. The number of nitrogens with one attached hydrogen (secondary N) is 1. The molecule has 1 N–H and O–H groups in total. The number of halogens is 1.